The Hall–Kier alpha value is -1.87. The molecule has 2 nitrogen and oxygen atoms in total. The van der Waals surface area contributed by atoms with E-state index in [2.05, 4.69) is 0 Å². The van der Waals surface area contributed by atoms with Crippen LogP contribution in [-0.2, 0) is 0 Å². The number of carbonyl (C=O) groups is 1. The second-order valence-electron chi connectivity index (χ2n) is 3.96. The number of hydrogen-bond donors (Lipinski definition) is 1. The summed E-state index contributed by atoms with van der Waals surface area (Å²) in [7, 11) is 0. The molecule has 0 amide bonds. The van der Waals surface area contributed by atoms with Crippen molar-refractivity contribution in [2.45, 2.75) is 6.92 Å². The van der Waals surface area contributed by atoms with E-state index in [9.17, 15) is 9.18 Å². The van der Waals surface area contributed by atoms with Crippen molar-refractivity contribution in [3.05, 3.63) is 58.4 Å². The van der Waals surface area contributed by atoms with E-state index < -0.39 is 11.8 Å². The second kappa shape index (κ2) is 4.78. The third-order valence-electron chi connectivity index (χ3n) is 2.69. The summed E-state index contributed by atoms with van der Waals surface area (Å²) in [5.74, 6) is -1.70. The van der Waals surface area contributed by atoms with Crippen LogP contribution in [0.1, 0.15) is 15.9 Å². The van der Waals surface area contributed by atoms with Gasteiger partial charge in [0.25, 0.3) is 0 Å². The van der Waals surface area contributed by atoms with Gasteiger partial charge in [-0.25, -0.2) is 9.18 Å². The van der Waals surface area contributed by atoms with E-state index in [4.69, 9.17) is 16.7 Å². The average molecular weight is 265 g/mol. The van der Waals surface area contributed by atoms with Crippen LogP contribution in [0.5, 0.6) is 0 Å². The topological polar surface area (TPSA) is 37.3 Å². The van der Waals surface area contributed by atoms with Crippen molar-refractivity contribution >= 4 is 17.6 Å². The Bertz CT molecular complexity index is 623. The number of aryl methyl sites for hydroxylation is 1. The molecule has 1 N–H and O–H groups in total. The third kappa shape index (κ3) is 2.36. The van der Waals surface area contributed by atoms with Gasteiger partial charge in [-0.15, -0.1) is 0 Å². The van der Waals surface area contributed by atoms with Crippen LogP contribution < -0.4 is 0 Å². The highest BCUT2D eigenvalue weighted by Crippen LogP contribution is 2.28. The molecular formula is C14H10ClFO2. The lowest BCUT2D eigenvalue weighted by Gasteiger charge is -2.08. The molecule has 0 unspecified atom stereocenters. The maximum Gasteiger partial charge on any atom is 0.335 e. The van der Waals surface area contributed by atoms with Gasteiger partial charge in [-0.1, -0.05) is 23.7 Å². The molecule has 0 radical (unpaired) electrons. The monoisotopic (exact) mass is 264 g/mol. The quantitative estimate of drug-likeness (QED) is 0.885. The van der Waals surface area contributed by atoms with Gasteiger partial charge in [-0.3, -0.25) is 0 Å². The molecule has 0 heterocycles. The summed E-state index contributed by atoms with van der Waals surface area (Å²) in [6.07, 6.45) is 0. The highest BCUT2D eigenvalue weighted by atomic mass is 35.5. The minimum Gasteiger partial charge on any atom is -0.478 e. The van der Waals surface area contributed by atoms with Crippen LogP contribution in [0.4, 0.5) is 4.39 Å². The standard InChI is InChI=1S/C14H10ClFO2/c1-8-6-10(15)3-5-11(8)12-4-2-9(14(17)18)7-13(12)16/h2-7H,1H3,(H,17,18). The fourth-order valence-electron chi connectivity index (χ4n) is 1.80. The number of halogens is 2. The molecule has 2 aromatic carbocycles. The van der Waals surface area contributed by atoms with Crippen LogP contribution in [0.2, 0.25) is 5.02 Å². The highest BCUT2D eigenvalue weighted by Gasteiger charge is 2.11. The van der Waals surface area contributed by atoms with E-state index in [1.54, 1.807) is 18.2 Å². The molecule has 0 saturated heterocycles. The predicted octanol–water partition coefficient (Wildman–Crippen LogP) is 4.15. The van der Waals surface area contributed by atoms with E-state index in [-0.39, 0.29) is 5.56 Å². The molecule has 0 bridgehead atoms. The van der Waals surface area contributed by atoms with Crippen molar-refractivity contribution in [1.29, 1.82) is 0 Å². The van der Waals surface area contributed by atoms with Crippen LogP contribution in [-0.4, -0.2) is 11.1 Å². The average Bonchev–Trinajstić information content (AvgIpc) is 2.30. The maximum absolute atomic E-state index is 13.9. The Kier molecular flexibility index (Phi) is 3.34. The number of aromatic carboxylic acids is 1. The number of carboxylic acids is 1. The summed E-state index contributed by atoms with van der Waals surface area (Å²) >= 11 is 5.84. The van der Waals surface area contributed by atoms with E-state index >= 15 is 0 Å². The molecule has 4 heteroatoms. The van der Waals surface area contributed by atoms with Gasteiger partial charge in [0.15, 0.2) is 0 Å². The van der Waals surface area contributed by atoms with Gasteiger partial charge in [0, 0.05) is 10.6 Å². The lowest BCUT2D eigenvalue weighted by atomic mass is 9.99. The Morgan fingerprint density at radius 2 is 1.83 bits per heavy atom. The molecule has 0 aliphatic heterocycles. The minimum atomic E-state index is -1.15. The fraction of sp³-hybridized carbons (Fsp3) is 0.0714. The van der Waals surface area contributed by atoms with E-state index in [0.717, 1.165) is 11.6 Å². The lowest BCUT2D eigenvalue weighted by molar-refractivity contribution is 0.0696. The maximum atomic E-state index is 13.9. The van der Waals surface area contributed by atoms with E-state index in [1.165, 1.54) is 12.1 Å². The fourth-order valence-corrected chi connectivity index (χ4v) is 2.02. The second-order valence-corrected chi connectivity index (χ2v) is 4.40. The lowest BCUT2D eigenvalue weighted by Crippen LogP contribution is -1.98. The van der Waals surface area contributed by atoms with Gasteiger partial charge in [0.05, 0.1) is 5.56 Å². The third-order valence-corrected chi connectivity index (χ3v) is 2.93. The molecule has 0 aromatic heterocycles. The first-order valence-corrected chi connectivity index (χ1v) is 5.66. The van der Waals surface area contributed by atoms with Crippen molar-refractivity contribution in [3.8, 4) is 11.1 Å². The van der Waals surface area contributed by atoms with Crippen LogP contribution in [0.15, 0.2) is 36.4 Å². The smallest absolute Gasteiger partial charge is 0.335 e. The van der Waals surface area contributed by atoms with Gasteiger partial charge in [0.1, 0.15) is 5.82 Å². The van der Waals surface area contributed by atoms with Gasteiger partial charge in [-0.2, -0.15) is 0 Å². The summed E-state index contributed by atoms with van der Waals surface area (Å²) in [6.45, 7) is 1.83. The van der Waals surface area contributed by atoms with Gasteiger partial charge in [-0.05, 0) is 42.3 Å². The first-order chi connectivity index (χ1) is 8.49. The zero-order valence-electron chi connectivity index (χ0n) is 9.58. The molecule has 0 spiro atoms. The normalized spacial score (nSPS) is 10.4. The largest absolute Gasteiger partial charge is 0.478 e. The molecular weight excluding hydrogens is 255 g/mol. The summed E-state index contributed by atoms with van der Waals surface area (Å²) in [4.78, 5) is 10.7. The number of hydrogen-bond acceptors (Lipinski definition) is 1. The zero-order chi connectivity index (χ0) is 13.3. The van der Waals surface area contributed by atoms with Gasteiger partial charge < -0.3 is 5.11 Å². The zero-order valence-corrected chi connectivity index (χ0v) is 10.3. The molecule has 2 aromatic rings. The van der Waals surface area contributed by atoms with Gasteiger partial charge >= 0.3 is 5.97 Å². The first-order valence-electron chi connectivity index (χ1n) is 5.28. The SMILES string of the molecule is Cc1cc(Cl)ccc1-c1ccc(C(=O)O)cc1F. The highest BCUT2D eigenvalue weighted by molar-refractivity contribution is 6.30. The summed E-state index contributed by atoms with van der Waals surface area (Å²) < 4.78 is 13.9. The molecule has 92 valence electrons. The molecule has 0 aliphatic rings. The molecule has 0 aliphatic carbocycles. The summed E-state index contributed by atoms with van der Waals surface area (Å²) in [5.41, 5.74) is 1.84. The van der Waals surface area contributed by atoms with Crippen LogP contribution >= 0.6 is 11.6 Å². The molecule has 0 fully saturated rings. The Balaban J connectivity index is 2.54. The minimum absolute atomic E-state index is 0.0668. The number of rotatable bonds is 2. The van der Waals surface area contributed by atoms with Crippen molar-refractivity contribution in [2.24, 2.45) is 0 Å². The number of carboxylic acid groups (broad SMARTS) is 1. The molecule has 18 heavy (non-hydrogen) atoms. The van der Waals surface area contributed by atoms with Crippen molar-refractivity contribution in [3.63, 3.8) is 0 Å². The summed E-state index contributed by atoms with van der Waals surface area (Å²) in [6, 6.07) is 9.00. The Morgan fingerprint density at radius 3 is 2.39 bits per heavy atom. The van der Waals surface area contributed by atoms with Gasteiger partial charge in [0.2, 0.25) is 0 Å². The van der Waals surface area contributed by atoms with Crippen molar-refractivity contribution in [1.82, 2.24) is 0 Å². The molecule has 0 atom stereocenters. The van der Waals surface area contributed by atoms with Crippen LogP contribution in [0.25, 0.3) is 11.1 Å². The predicted molar refractivity (Wildman–Crippen MR) is 68.5 cm³/mol. The van der Waals surface area contributed by atoms with E-state index in [0.29, 0.717) is 16.1 Å². The van der Waals surface area contributed by atoms with Crippen LogP contribution in [0.3, 0.4) is 0 Å². The summed E-state index contributed by atoms with van der Waals surface area (Å²) in [5, 5.41) is 9.36. The Labute approximate surface area is 109 Å². The number of benzene rings is 2. The Morgan fingerprint density at radius 1 is 1.17 bits per heavy atom. The first kappa shape index (κ1) is 12.6. The van der Waals surface area contributed by atoms with Crippen molar-refractivity contribution < 1.29 is 14.3 Å². The van der Waals surface area contributed by atoms with Crippen molar-refractivity contribution in [2.75, 3.05) is 0 Å². The van der Waals surface area contributed by atoms with Crippen LogP contribution in [0, 0.1) is 12.7 Å². The molecule has 2 rings (SSSR count). The van der Waals surface area contributed by atoms with E-state index in [1.807, 2.05) is 6.92 Å². The molecule has 0 saturated carbocycles.